The Balaban J connectivity index is 2.43. The quantitative estimate of drug-likeness (QED) is 0.615. The highest BCUT2D eigenvalue weighted by atomic mass is 16.2. The Kier molecular flexibility index (Phi) is 1.14. The minimum absolute atomic E-state index is 0.307. The van der Waals surface area contributed by atoms with Gasteiger partial charge in [-0.15, -0.1) is 0 Å². The van der Waals surface area contributed by atoms with Crippen LogP contribution in [0, 0.1) is 0 Å². The number of hydrogen-bond acceptors (Lipinski definition) is 3. The number of benzene rings is 1. The second-order valence-corrected chi connectivity index (χ2v) is 3.02. The number of aromatic nitrogens is 2. The summed E-state index contributed by atoms with van der Waals surface area (Å²) in [5.41, 5.74) is 1.36. The summed E-state index contributed by atoms with van der Waals surface area (Å²) in [6, 6.07) is 7.18. The molecule has 1 aromatic carbocycles. The van der Waals surface area contributed by atoms with Gasteiger partial charge in [0.25, 0.3) is 0 Å². The Labute approximate surface area is 78.3 Å². The Bertz CT molecular complexity index is 570. The van der Waals surface area contributed by atoms with Crippen molar-refractivity contribution in [3.8, 4) is 0 Å². The molecule has 0 saturated carbocycles. The third-order valence-electron chi connectivity index (χ3n) is 2.18. The Morgan fingerprint density at radius 3 is 2.86 bits per heavy atom. The molecule has 1 aliphatic rings. The molecular formula is C9H5N3O2. The van der Waals surface area contributed by atoms with Gasteiger partial charge in [-0.2, -0.15) is 0 Å². The van der Waals surface area contributed by atoms with Gasteiger partial charge >= 0.3 is 11.8 Å². The molecule has 5 nitrogen and oxygen atoms in total. The largest absolute Gasteiger partial charge is 0.323 e. The molecule has 0 aliphatic carbocycles. The average molecular weight is 187 g/mol. The van der Waals surface area contributed by atoms with Crippen LogP contribution in [-0.2, 0) is 4.79 Å². The van der Waals surface area contributed by atoms with E-state index in [4.69, 9.17) is 0 Å². The molecule has 2 aromatic rings. The molecule has 68 valence electrons. The number of amides is 1. The molecule has 0 unspecified atom stereocenters. The number of rotatable bonds is 0. The van der Waals surface area contributed by atoms with Crippen molar-refractivity contribution in [2.75, 3.05) is 5.32 Å². The van der Waals surface area contributed by atoms with Crippen LogP contribution in [0.25, 0.3) is 11.0 Å². The maximum Gasteiger partial charge on any atom is 0.323 e. The smallest absolute Gasteiger partial charge is 0.287 e. The van der Waals surface area contributed by atoms with Crippen molar-refractivity contribution in [1.82, 2.24) is 9.55 Å². The summed E-state index contributed by atoms with van der Waals surface area (Å²) in [6.45, 7) is 0. The van der Waals surface area contributed by atoms with E-state index in [1.165, 1.54) is 4.57 Å². The lowest BCUT2D eigenvalue weighted by atomic mass is 10.3. The first-order valence-electron chi connectivity index (χ1n) is 4.10. The summed E-state index contributed by atoms with van der Waals surface area (Å²) in [4.78, 5) is 26.5. The first kappa shape index (κ1) is 7.25. The van der Waals surface area contributed by atoms with Crippen LogP contribution in [0.3, 0.4) is 0 Å². The molecule has 1 aliphatic heterocycles. The lowest BCUT2D eigenvalue weighted by Gasteiger charge is -1.92. The second kappa shape index (κ2) is 2.20. The number of nitrogens with one attached hydrogen (secondary N) is 1. The van der Waals surface area contributed by atoms with Crippen LogP contribution < -0.4 is 5.32 Å². The van der Waals surface area contributed by atoms with Crippen LogP contribution in [0.1, 0.15) is 4.79 Å². The van der Waals surface area contributed by atoms with Crippen molar-refractivity contribution < 1.29 is 9.59 Å². The first-order valence-corrected chi connectivity index (χ1v) is 4.10. The lowest BCUT2D eigenvalue weighted by Crippen LogP contribution is -2.16. The minimum atomic E-state index is -0.627. The zero-order valence-electron chi connectivity index (χ0n) is 7.02. The summed E-state index contributed by atoms with van der Waals surface area (Å²) >= 11 is 0. The molecule has 0 bridgehead atoms. The predicted octanol–water partition coefficient (Wildman–Crippen LogP) is 0.629. The van der Waals surface area contributed by atoms with Crippen molar-refractivity contribution >= 4 is 28.8 Å². The lowest BCUT2D eigenvalue weighted by molar-refractivity contribution is -0.112. The van der Waals surface area contributed by atoms with Gasteiger partial charge in [0.15, 0.2) is 0 Å². The second-order valence-electron chi connectivity index (χ2n) is 3.02. The van der Waals surface area contributed by atoms with Crippen molar-refractivity contribution in [1.29, 1.82) is 0 Å². The maximum atomic E-state index is 11.4. The highest BCUT2D eigenvalue weighted by molar-refractivity contribution is 6.44. The summed E-state index contributed by atoms with van der Waals surface area (Å²) in [7, 11) is 0. The van der Waals surface area contributed by atoms with Crippen molar-refractivity contribution in [3.05, 3.63) is 24.3 Å². The molecule has 14 heavy (non-hydrogen) atoms. The summed E-state index contributed by atoms with van der Waals surface area (Å²) in [5.74, 6) is -0.895. The van der Waals surface area contributed by atoms with E-state index >= 15 is 0 Å². The fourth-order valence-corrected chi connectivity index (χ4v) is 1.57. The maximum absolute atomic E-state index is 11.4. The van der Waals surface area contributed by atoms with Gasteiger partial charge in [-0.1, -0.05) is 12.1 Å². The molecule has 5 heteroatoms. The topological polar surface area (TPSA) is 64.0 Å². The molecule has 1 aromatic heterocycles. The van der Waals surface area contributed by atoms with Gasteiger partial charge in [-0.05, 0) is 12.1 Å². The number of para-hydroxylation sites is 2. The summed E-state index contributed by atoms with van der Waals surface area (Å²) < 4.78 is 1.29. The number of hydrogen-bond donors (Lipinski definition) is 1. The van der Waals surface area contributed by atoms with Crippen molar-refractivity contribution in [2.45, 2.75) is 0 Å². The fourth-order valence-electron chi connectivity index (χ4n) is 1.57. The van der Waals surface area contributed by atoms with Gasteiger partial charge in [0.2, 0.25) is 5.95 Å². The number of carbonyl (C=O) groups is 2. The van der Waals surface area contributed by atoms with E-state index in [2.05, 4.69) is 10.3 Å². The van der Waals surface area contributed by atoms with Gasteiger partial charge in [-0.25, -0.2) is 9.55 Å². The molecule has 2 heterocycles. The highest BCUT2D eigenvalue weighted by Gasteiger charge is 2.30. The van der Waals surface area contributed by atoms with Crippen LogP contribution in [0.5, 0.6) is 0 Å². The molecule has 0 fully saturated rings. The van der Waals surface area contributed by atoms with Crippen molar-refractivity contribution in [2.24, 2.45) is 0 Å². The van der Waals surface area contributed by atoms with E-state index < -0.39 is 11.8 Å². The Morgan fingerprint density at radius 1 is 1.21 bits per heavy atom. The molecule has 0 saturated heterocycles. The van der Waals surface area contributed by atoms with Crippen LogP contribution in [-0.4, -0.2) is 21.4 Å². The van der Waals surface area contributed by atoms with Gasteiger partial charge in [0.05, 0.1) is 11.0 Å². The fraction of sp³-hybridized carbons (Fsp3) is 0. The highest BCUT2D eigenvalue weighted by Crippen LogP contribution is 2.22. The van der Waals surface area contributed by atoms with E-state index in [0.29, 0.717) is 17.0 Å². The molecule has 1 amide bonds. The van der Waals surface area contributed by atoms with Crippen LogP contribution in [0.15, 0.2) is 24.3 Å². The molecule has 0 radical (unpaired) electrons. The van der Waals surface area contributed by atoms with Gasteiger partial charge in [0, 0.05) is 0 Å². The number of anilines is 1. The number of fused-ring (bicyclic) bond motifs is 3. The minimum Gasteiger partial charge on any atom is -0.287 e. The van der Waals surface area contributed by atoms with E-state index in [9.17, 15) is 9.59 Å². The standard InChI is InChI=1S/C9H5N3O2/c13-7-8(14)12-6-4-2-1-3-5(6)10-9(12)11-7/h1-4H,(H,10,11,13). The molecule has 0 atom stereocenters. The zero-order valence-corrected chi connectivity index (χ0v) is 7.02. The van der Waals surface area contributed by atoms with E-state index in [1.54, 1.807) is 18.2 Å². The SMILES string of the molecule is O=C1Nc2nc3ccccc3n2C1=O. The predicted molar refractivity (Wildman–Crippen MR) is 49.0 cm³/mol. The van der Waals surface area contributed by atoms with E-state index in [0.717, 1.165) is 0 Å². The third-order valence-corrected chi connectivity index (χ3v) is 2.18. The molecule has 0 spiro atoms. The van der Waals surface area contributed by atoms with Gasteiger partial charge in [-0.3, -0.25) is 14.9 Å². The average Bonchev–Trinajstić information content (AvgIpc) is 2.65. The van der Waals surface area contributed by atoms with Crippen LogP contribution in [0.4, 0.5) is 5.95 Å². The van der Waals surface area contributed by atoms with Crippen LogP contribution in [0.2, 0.25) is 0 Å². The third kappa shape index (κ3) is 0.711. The first-order chi connectivity index (χ1) is 6.77. The molecule has 3 rings (SSSR count). The number of imidazole rings is 1. The van der Waals surface area contributed by atoms with Gasteiger partial charge in [0.1, 0.15) is 0 Å². The molecule has 1 N–H and O–H groups in total. The van der Waals surface area contributed by atoms with E-state index in [1.807, 2.05) is 6.07 Å². The summed E-state index contributed by atoms with van der Waals surface area (Å²) in [5, 5.41) is 2.40. The Morgan fingerprint density at radius 2 is 2.00 bits per heavy atom. The van der Waals surface area contributed by atoms with Crippen molar-refractivity contribution in [3.63, 3.8) is 0 Å². The normalized spacial score (nSPS) is 14.6. The van der Waals surface area contributed by atoms with Gasteiger partial charge < -0.3 is 0 Å². The van der Waals surface area contributed by atoms with Crippen LogP contribution >= 0.6 is 0 Å². The monoisotopic (exact) mass is 187 g/mol. The van der Waals surface area contributed by atoms with E-state index in [-0.39, 0.29) is 0 Å². The zero-order chi connectivity index (χ0) is 9.71. The molecular weight excluding hydrogens is 182 g/mol. The summed E-state index contributed by atoms with van der Waals surface area (Å²) in [6.07, 6.45) is 0. The number of nitrogens with zero attached hydrogens (tertiary/aromatic N) is 2. The Hall–Kier alpha value is -2.17. The number of carbonyl (C=O) groups excluding carboxylic acids is 2.